The SMILES string of the molecule is CCCCOc1ccccc1C1C(C(=O)OC)=CN(C[C@H]2CCCO2)C=C1C(=O)OC. The number of hydrogen-bond acceptors (Lipinski definition) is 7. The van der Waals surface area contributed by atoms with Crippen LogP contribution in [0.1, 0.15) is 44.1 Å². The molecule has 2 heterocycles. The van der Waals surface area contributed by atoms with E-state index in [2.05, 4.69) is 6.92 Å². The van der Waals surface area contributed by atoms with Crippen LogP contribution in [0.3, 0.4) is 0 Å². The van der Waals surface area contributed by atoms with E-state index >= 15 is 0 Å². The highest BCUT2D eigenvalue weighted by Gasteiger charge is 2.37. The molecule has 7 nitrogen and oxygen atoms in total. The average Bonchev–Trinajstić information content (AvgIpc) is 3.31. The highest BCUT2D eigenvalue weighted by Crippen LogP contribution is 2.41. The van der Waals surface area contributed by atoms with Gasteiger partial charge in [-0.15, -0.1) is 0 Å². The van der Waals surface area contributed by atoms with Crippen molar-refractivity contribution in [3.63, 3.8) is 0 Å². The molecule has 2 aliphatic rings. The fourth-order valence-corrected chi connectivity index (χ4v) is 3.93. The van der Waals surface area contributed by atoms with Gasteiger partial charge in [0.05, 0.1) is 44.0 Å². The first-order chi connectivity index (χ1) is 15.1. The number of rotatable bonds is 9. The second kappa shape index (κ2) is 11.0. The van der Waals surface area contributed by atoms with Crippen molar-refractivity contribution in [3.8, 4) is 5.75 Å². The lowest BCUT2D eigenvalue weighted by molar-refractivity contribution is -0.137. The van der Waals surface area contributed by atoms with Crippen LogP contribution in [-0.4, -0.2) is 56.9 Å². The molecule has 0 saturated carbocycles. The molecule has 0 N–H and O–H groups in total. The summed E-state index contributed by atoms with van der Waals surface area (Å²) in [7, 11) is 2.68. The Hall–Kier alpha value is -2.80. The molecule has 168 valence electrons. The van der Waals surface area contributed by atoms with Crippen LogP contribution in [0.5, 0.6) is 5.75 Å². The smallest absolute Gasteiger partial charge is 0.336 e. The molecule has 0 unspecified atom stereocenters. The zero-order chi connectivity index (χ0) is 22.2. The number of carbonyl (C=O) groups excluding carboxylic acids is 2. The van der Waals surface area contributed by atoms with Gasteiger partial charge in [-0.3, -0.25) is 0 Å². The normalized spacial score (nSPS) is 18.9. The minimum Gasteiger partial charge on any atom is -0.493 e. The zero-order valence-electron chi connectivity index (χ0n) is 18.5. The van der Waals surface area contributed by atoms with E-state index in [1.54, 1.807) is 12.4 Å². The average molecular weight is 430 g/mol. The molecule has 7 heteroatoms. The van der Waals surface area contributed by atoms with Gasteiger partial charge in [0.15, 0.2) is 0 Å². The summed E-state index contributed by atoms with van der Waals surface area (Å²) in [6, 6.07) is 7.47. The Balaban J connectivity index is 2.02. The number of unbranched alkanes of at least 4 members (excludes halogenated alkanes) is 1. The van der Waals surface area contributed by atoms with Crippen LogP contribution in [0.2, 0.25) is 0 Å². The zero-order valence-corrected chi connectivity index (χ0v) is 18.5. The Morgan fingerprint density at radius 3 is 2.35 bits per heavy atom. The van der Waals surface area contributed by atoms with Gasteiger partial charge in [-0.2, -0.15) is 0 Å². The van der Waals surface area contributed by atoms with Crippen molar-refractivity contribution in [2.24, 2.45) is 0 Å². The van der Waals surface area contributed by atoms with E-state index < -0.39 is 17.9 Å². The summed E-state index contributed by atoms with van der Waals surface area (Å²) < 4.78 is 21.9. The largest absolute Gasteiger partial charge is 0.493 e. The molecule has 31 heavy (non-hydrogen) atoms. The van der Waals surface area contributed by atoms with E-state index in [9.17, 15) is 9.59 Å². The third-order valence-corrected chi connectivity index (χ3v) is 5.50. The van der Waals surface area contributed by atoms with Crippen LogP contribution >= 0.6 is 0 Å². The summed E-state index contributed by atoms with van der Waals surface area (Å²) >= 11 is 0. The summed E-state index contributed by atoms with van der Waals surface area (Å²) in [5, 5.41) is 0. The Bertz CT molecular complexity index is 806. The number of methoxy groups -OCH3 is 2. The van der Waals surface area contributed by atoms with Crippen molar-refractivity contribution in [2.45, 2.75) is 44.6 Å². The number of hydrogen-bond donors (Lipinski definition) is 0. The summed E-state index contributed by atoms with van der Waals surface area (Å²) in [5.41, 5.74) is 1.44. The molecule has 2 aliphatic heterocycles. The Labute approximate surface area is 183 Å². The van der Waals surface area contributed by atoms with Gasteiger partial charge in [-0.25, -0.2) is 9.59 Å². The fourth-order valence-electron chi connectivity index (χ4n) is 3.93. The van der Waals surface area contributed by atoms with Gasteiger partial charge in [-0.1, -0.05) is 31.5 Å². The van der Waals surface area contributed by atoms with Crippen LogP contribution in [0, 0.1) is 0 Å². The first kappa shape index (κ1) is 22.9. The molecular weight excluding hydrogens is 398 g/mol. The molecule has 0 radical (unpaired) electrons. The fraction of sp³-hybridized carbons (Fsp3) is 0.500. The lowest BCUT2D eigenvalue weighted by atomic mass is 9.82. The third-order valence-electron chi connectivity index (χ3n) is 5.50. The third kappa shape index (κ3) is 5.47. The van der Waals surface area contributed by atoms with Crippen LogP contribution < -0.4 is 4.74 Å². The first-order valence-electron chi connectivity index (χ1n) is 10.8. The lowest BCUT2D eigenvalue weighted by Gasteiger charge is -2.31. The van der Waals surface area contributed by atoms with Gasteiger partial charge < -0.3 is 23.8 Å². The summed E-state index contributed by atoms with van der Waals surface area (Å²) in [5.74, 6) is -1.02. The molecule has 1 atom stereocenters. The maximum atomic E-state index is 12.8. The summed E-state index contributed by atoms with van der Waals surface area (Å²) in [4.78, 5) is 27.4. The maximum absolute atomic E-state index is 12.8. The maximum Gasteiger partial charge on any atom is 0.336 e. The number of benzene rings is 1. The minimum atomic E-state index is -0.654. The Kier molecular flexibility index (Phi) is 8.12. The van der Waals surface area contributed by atoms with Crippen molar-refractivity contribution < 1.29 is 28.5 Å². The molecule has 0 aliphatic carbocycles. The van der Waals surface area contributed by atoms with Crippen molar-refractivity contribution in [1.29, 1.82) is 0 Å². The van der Waals surface area contributed by atoms with E-state index in [1.165, 1.54) is 14.2 Å². The molecular formula is C24H31NO6. The number of nitrogens with zero attached hydrogens (tertiary/aromatic N) is 1. The predicted molar refractivity (Wildman–Crippen MR) is 115 cm³/mol. The summed E-state index contributed by atoms with van der Waals surface area (Å²) in [6.07, 6.45) is 7.40. The molecule has 1 aromatic carbocycles. The van der Waals surface area contributed by atoms with Gasteiger partial charge >= 0.3 is 11.9 Å². The second-order valence-electron chi connectivity index (χ2n) is 7.66. The van der Waals surface area contributed by atoms with Crippen LogP contribution in [0.25, 0.3) is 0 Å². The molecule has 1 fully saturated rings. The number of ether oxygens (including phenoxy) is 4. The van der Waals surface area contributed by atoms with E-state index in [0.29, 0.717) is 30.0 Å². The molecule has 0 bridgehead atoms. The van der Waals surface area contributed by atoms with Gasteiger partial charge in [0.1, 0.15) is 5.75 Å². The number of para-hydroxylation sites is 1. The van der Waals surface area contributed by atoms with Crippen molar-refractivity contribution in [2.75, 3.05) is 34.0 Å². The van der Waals surface area contributed by atoms with Crippen LogP contribution in [-0.2, 0) is 23.8 Å². The quantitative estimate of drug-likeness (QED) is 0.439. The van der Waals surface area contributed by atoms with Gasteiger partial charge in [0.2, 0.25) is 0 Å². The monoisotopic (exact) mass is 429 g/mol. The van der Waals surface area contributed by atoms with Crippen molar-refractivity contribution in [3.05, 3.63) is 53.4 Å². The highest BCUT2D eigenvalue weighted by atomic mass is 16.5. The van der Waals surface area contributed by atoms with E-state index in [0.717, 1.165) is 37.9 Å². The standard InChI is InChI=1S/C24H31NO6/c1-4-5-12-31-21-11-7-6-10-18(21)22-19(23(26)28-2)15-25(14-17-9-8-13-30-17)16-20(22)24(27)29-3/h6-7,10-11,15-17,22H,4-5,8-9,12-14H2,1-3H3/t17-/m1/s1. The van der Waals surface area contributed by atoms with Gasteiger partial charge in [0.25, 0.3) is 0 Å². The van der Waals surface area contributed by atoms with Gasteiger partial charge in [-0.05, 0) is 25.3 Å². The first-order valence-corrected chi connectivity index (χ1v) is 10.8. The Morgan fingerprint density at radius 1 is 1.10 bits per heavy atom. The van der Waals surface area contributed by atoms with Crippen molar-refractivity contribution >= 4 is 11.9 Å². The molecule has 0 spiro atoms. The molecule has 0 aromatic heterocycles. The molecule has 1 aromatic rings. The summed E-state index contributed by atoms with van der Waals surface area (Å²) in [6.45, 7) is 3.92. The van der Waals surface area contributed by atoms with E-state index in [1.807, 2.05) is 29.2 Å². The van der Waals surface area contributed by atoms with Crippen LogP contribution in [0.4, 0.5) is 0 Å². The van der Waals surface area contributed by atoms with Crippen LogP contribution in [0.15, 0.2) is 47.8 Å². The van der Waals surface area contributed by atoms with Gasteiger partial charge in [0, 0.05) is 31.1 Å². The minimum absolute atomic E-state index is 0.0477. The Morgan fingerprint density at radius 2 is 1.77 bits per heavy atom. The molecule has 1 saturated heterocycles. The lowest BCUT2D eigenvalue weighted by Crippen LogP contribution is -2.32. The molecule has 0 amide bonds. The second-order valence-corrected chi connectivity index (χ2v) is 7.66. The number of esters is 2. The molecule has 3 rings (SSSR count). The van der Waals surface area contributed by atoms with E-state index in [-0.39, 0.29) is 6.10 Å². The topological polar surface area (TPSA) is 74.3 Å². The van der Waals surface area contributed by atoms with E-state index in [4.69, 9.17) is 18.9 Å². The predicted octanol–water partition coefficient (Wildman–Crippen LogP) is 3.56. The van der Waals surface area contributed by atoms with Crippen molar-refractivity contribution in [1.82, 2.24) is 4.90 Å². The number of carbonyl (C=O) groups is 2. The highest BCUT2D eigenvalue weighted by molar-refractivity contribution is 5.98.